The Kier molecular flexibility index (Phi) is 6.79. The van der Waals surface area contributed by atoms with Gasteiger partial charge in [0.05, 0.1) is 4.90 Å². The number of rotatable bonds is 7. The van der Waals surface area contributed by atoms with Gasteiger partial charge in [0.1, 0.15) is 5.82 Å². The zero-order valence-electron chi connectivity index (χ0n) is 19.6. The van der Waals surface area contributed by atoms with Crippen molar-refractivity contribution in [1.29, 1.82) is 0 Å². The number of hydrogen-bond donors (Lipinski definition) is 2. The second kappa shape index (κ2) is 10.3. The van der Waals surface area contributed by atoms with E-state index in [1.165, 1.54) is 29.5 Å². The molecule has 182 valence electrons. The molecular formula is C28H26N4O3S. The Bertz CT molecular complexity index is 1460. The Morgan fingerprint density at radius 1 is 0.861 bits per heavy atom. The zero-order valence-corrected chi connectivity index (χ0v) is 20.4. The van der Waals surface area contributed by atoms with Crippen LogP contribution in [0.15, 0.2) is 102 Å². The summed E-state index contributed by atoms with van der Waals surface area (Å²) in [5.74, 6) is -0.0147. The van der Waals surface area contributed by atoms with Crippen LogP contribution in [0, 0.1) is 0 Å². The first-order valence-corrected chi connectivity index (χ1v) is 13.2. The van der Waals surface area contributed by atoms with Crippen molar-refractivity contribution < 1.29 is 13.2 Å². The average molecular weight is 499 g/mol. The molecule has 0 atom stereocenters. The number of hydrogen-bond acceptors (Lipinski definition) is 5. The Labute approximate surface area is 210 Å². The van der Waals surface area contributed by atoms with Crippen LogP contribution in [-0.4, -0.2) is 30.8 Å². The monoisotopic (exact) mass is 498 g/mol. The highest BCUT2D eigenvalue weighted by Gasteiger charge is 2.17. The summed E-state index contributed by atoms with van der Waals surface area (Å²) in [5, 5.41) is 2.82. The van der Waals surface area contributed by atoms with Crippen LogP contribution in [0.25, 0.3) is 0 Å². The van der Waals surface area contributed by atoms with Gasteiger partial charge in [0, 0.05) is 37.1 Å². The van der Waals surface area contributed by atoms with Crippen molar-refractivity contribution in [3.8, 4) is 0 Å². The maximum Gasteiger partial charge on any atom is 0.263 e. The first kappa shape index (κ1) is 23.7. The Morgan fingerprint density at radius 3 is 2.31 bits per heavy atom. The van der Waals surface area contributed by atoms with E-state index in [9.17, 15) is 13.2 Å². The van der Waals surface area contributed by atoms with E-state index in [-0.39, 0.29) is 16.6 Å². The fourth-order valence-electron chi connectivity index (χ4n) is 4.25. The largest absolute Gasteiger partial charge is 0.322 e. The highest BCUT2D eigenvalue weighted by Crippen LogP contribution is 2.21. The van der Waals surface area contributed by atoms with Crippen molar-refractivity contribution >= 4 is 27.4 Å². The fourth-order valence-corrected chi connectivity index (χ4v) is 5.26. The number of fused-ring (bicyclic) bond motifs is 1. The van der Waals surface area contributed by atoms with E-state index in [2.05, 4.69) is 44.2 Å². The van der Waals surface area contributed by atoms with E-state index in [1.54, 1.807) is 30.3 Å². The molecule has 36 heavy (non-hydrogen) atoms. The number of carbonyl (C=O) groups excluding carboxylic acids is 1. The van der Waals surface area contributed by atoms with E-state index >= 15 is 0 Å². The molecule has 1 aromatic heterocycles. The molecule has 1 amide bonds. The van der Waals surface area contributed by atoms with Crippen LogP contribution < -0.4 is 10.0 Å². The van der Waals surface area contributed by atoms with Crippen molar-refractivity contribution in [1.82, 2.24) is 9.88 Å². The predicted octanol–water partition coefficient (Wildman–Crippen LogP) is 4.69. The molecule has 0 saturated heterocycles. The third-order valence-corrected chi connectivity index (χ3v) is 7.53. The molecule has 0 spiro atoms. The number of anilines is 2. The van der Waals surface area contributed by atoms with Gasteiger partial charge < -0.3 is 5.32 Å². The average Bonchev–Trinajstić information content (AvgIpc) is 2.90. The minimum Gasteiger partial charge on any atom is -0.322 e. The summed E-state index contributed by atoms with van der Waals surface area (Å²) >= 11 is 0. The maximum absolute atomic E-state index is 12.7. The number of sulfonamides is 1. The summed E-state index contributed by atoms with van der Waals surface area (Å²) in [6, 6.07) is 27.2. The van der Waals surface area contributed by atoms with Crippen molar-refractivity contribution in [2.45, 2.75) is 24.4 Å². The molecule has 2 heterocycles. The van der Waals surface area contributed by atoms with Gasteiger partial charge in [-0.15, -0.1) is 0 Å². The number of pyridine rings is 1. The number of amides is 1. The summed E-state index contributed by atoms with van der Waals surface area (Å²) < 4.78 is 27.5. The van der Waals surface area contributed by atoms with E-state index in [1.807, 2.05) is 24.3 Å². The number of benzene rings is 3. The third kappa shape index (κ3) is 5.62. The summed E-state index contributed by atoms with van der Waals surface area (Å²) in [7, 11) is -3.77. The molecule has 1 aliphatic rings. The second-order valence-corrected chi connectivity index (χ2v) is 10.4. The normalized spacial score (nSPS) is 13.6. The molecular weight excluding hydrogens is 472 g/mol. The lowest BCUT2D eigenvalue weighted by atomic mass is 9.99. The number of nitrogens with zero attached hydrogens (tertiary/aromatic N) is 2. The first-order valence-electron chi connectivity index (χ1n) is 11.7. The van der Waals surface area contributed by atoms with Gasteiger partial charge in [-0.2, -0.15) is 0 Å². The van der Waals surface area contributed by atoms with Crippen molar-refractivity contribution in [3.63, 3.8) is 0 Å². The Hall–Kier alpha value is -4.01. The number of nitrogens with one attached hydrogen (secondary N) is 2. The summed E-state index contributed by atoms with van der Waals surface area (Å²) in [5.41, 5.74) is 5.01. The van der Waals surface area contributed by atoms with Gasteiger partial charge in [-0.1, -0.05) is 42.5 Å². The molecule has 0 bridgehead atoms. The van der Waals surface area contributed by atoms with Crippen LogP contribution >= 0.6 is 0 Å². The highest BCUT2D eigenvalue weighted by molar-refractivity contribution is 7.92. The van der Waals surface area contributed by atoms with Crippen LogP contribution in [0.1, 0.15) is 27.0 Å². The molecule has 7 nitrogen and oxygen atoms in total. The zero-order chi connectivity index (χ0) is 25.0. The standard InChI is InChI=1S/C28H26N4O3S/c33-28(30-25-12-14-26(15-13-25)36(34,35)31-27-7-3-4-17-29-27)23-10-8-21(9-11-23)19-32-18-16-22-5-1-2-6-24(22)20-32/h1-15,17H,16,18-20H2,(H,29,31)(H,30,33). The first-order chi connectivity index (χ1) is 17.5. The predicted molar refractivity (Wildman–Crippen MR) is 140 cm³/mol. The van der Waals surface area contributed by atoms with Crippen LogP contribution in [0.3, 0.4) is 0 Å². The molecule has 2 N–H and O–H groups in total. The van der Waals surface area contributed by atoms with E-state index in [0.717, 1.165) is 31.6 Å². The molecule has 0 aliphatic carbocycles. The van der Waals surface area contributed by atoms with Gasteiger partial charge in [-0.25, -0.2) is 13.4 Å². The highest BCUT2D eigenvalue weighted by atomic mass is 32.2. The minimum absolute atomic E-state index is 0.0795. The molecule has 5 rings (SSSR count). The van der Waals surface area contributed by atoms with Gasteiger partial charge in [0.2, 0.25) is 0 Å². The Balaban J connectivity index is 1.18. The van der Waals surface area contributed by atoms with Gasteiger partial charge in [0.25, 0.3) is 15.9 Å². The quantitative estimate of drug-likeness (QED) is 0.386. The van der Waals surface area contributed by atoms with Crippen LogP contribution in [-0.2, 0) is 29.5 Å². The molecule has 3 aromatic carbocycles. The lowest BCUT2D eigenvalue weighted by molar-refractivity contribution is 0.102. The smallest absolute Gasteiger partial charge is 0.263 e. The molecule has 0 saturated carbocycles. The summed E-state index contributed by atoms with van der Waals surface area (Å²) in [4.78, 5) is 19.2. The molecule has 8 heteroatoms. The Morgan fingerprint density at radius 2 is 1.58 bits per heavy atom. The van der Waals surface area contributed by atoms with Crippen molar-refractivity contribution in [2.75, 3.05) is 16.6 Å². The number of carbonyl (C=O) groups is 1. The van der Waals surface area contributed by atoms with Crippen LogP contribution in [0.4, 0.5) is 11.5 Å². The van der Waals surface area contributed by atoms with E-state index < -0.39 is 10.0 Å². The molecule has 0 fully saturated rings. The molecule has 1 aliphatic heterocycles. The van der Waals surface area contributed by atoms with E-state index in [0.29, 0.717) is 11.3 Å². The molecule has 0 unspecified atom stereocenters. The minimum atomic E-state index is -3.77. The SMILES string of the molecule is O=C(Nc1ccc(S(=O)(=O)Nc2ccccn2)cc1)c1ccc(CN2CCc3ccccc3C2)cc1. The van der Waals surface area contributed by atoms with Gasteiger partial charge in [-0.05, 0) is 71.6 Å². The summed E-state index contributed by atoms with van der Waals surface area (Å²) in [6.45, 7) is 2.78. The van der Waals surface area contributed by atoms with E-state index in [4.69, 9.17) is 0 Å². The third-order valence-electron chi connectivity index (χ3n) is 6.16. The number of aromatic nitrogens is 1. The van der Waals surface area contributed by atoms with Crippen LogP contribution in [0.5, 0.6) is 0 Å². The second-order valence-electron chi connectivity index (χ2n) is 8.73. The summed E-state index contributed by atoms with van der Waals surface area (Å²) in [6.07, 6.45) is 2.56. The fraction of sp³-hybridized carbons (Fsp3) is 0.143. The lowest BCUT2D eigenvalue weighted by Crippen LogP contribution is -2.29. The maximum atomic E-state index is 12.7. The van der Waals surface area contributed by atoms with Crippen molar-refractivity contribution in [3.05, 3.63) is 119 Å². The van der Waals surface area contributed by atoms with Gasteiger partial charge in [-0.3, -0.25) is 14.4 Å². The molecule has 4 aromatic rings. The lowest BCUT2D eigenvalue weighted by Gasteiger charge is -2.28. The van der Waals surface area contributed by atoms with Gasteiger partial charge >= 0.3 is 0 Å². The van der Waals surface area contributed by atoms with Crippen LogP contribution in [0.2, 0.25) is 0 Å². The topological polar surface area (TPSA) is 91.4 Å². The van der Waals surface area contributed by atoms with Crippen molar-refractivity contribution in [2.24, 2.45) is 0 Å². The molecule has 0 radical (unpaired) electrons. The van der Waals surface area contributed by atoms with Gasteiger partial charge in [0.15, 0.2) is 0 Å².